The van der Waals surface area contributed by atoms with Gasteiger partial charge in [-0.05, 0) is 5.56 Å². The van der Waals surface area contributed by atoms with Crippen molar-refractivity contribution in [2.45, 2.75) is 6.42 Å². The third kappa shape index (κ3) is 2.09. The van der Waals surface area contributed by atoms with Gasteiger partial charge in [0.15, 0.2) is 0 Å². The highest BCUT2D eigenvalue weighted by Gasteiger charge is 2.02. The third-order valence-corrected chi connectivity index (χ3v) is 2.23. The Kier molecular flexibility index (Phi) is 2.75. The Labute approximate surface area is 87.6 Å². The molecule has 0 fully saturated rings. The summed E-state index contributed by atoms with van der Waals surface area (Å²) < 4.78 is 0. The molecular weight excluding hydrogens is 196 g/mol. The average Bonchev–Trinajstić information content (AvgIpc) is 2.23. The molecule has 1 aromatic carbocycles. The van der Waals surface area contributed by atoms with E-state index >= 15 is 0 Å². The summed E-state index contributed by atoms with van der Waals surface area (Å²) in [6.45, 7) is 0. The summed E-state index contributed by atoms with van der Waals surface area (Å²) >= 11 is 5.89. The smallest absolute Gasteiger partial charge is 0.136 e. The lowest BCUT2D eigenvalue weighted by Gasteiger charge is -2.01. The summed E-state index contributed by atoms with van der Waals surface area (Å²) in [5, 5.41) is 0.476. The summed E-state index contributed by atoms with van der Waals surface area (Å²) in [4.78, 5) is 7.72. The number of nitrogens with zero attached hydrogens (tertiary/aromatic N) is 2. The van der Waals surface area contributed by atoms with E-state index in [2.05, 4.69) is 16.2 Å². The molecule has 1 radical (unpaired) electrons. The van der Waals surface area contributed by atoms with Crippen molar-refractivity contribution in [1.82, 2.24) is 9.97 Å². The Morgan fingerprint density at radius 1 is 1.21 bits per heavy atom. The monoisotopic (exact) mass is 203 g/mol. The summed E-state index contributed by atoms with van der Waals surface area (Å²) in [5.74, 6) is 0. The highest BCUT2D eigenvalue weighted by Crippen LogP contribution is 2.14. The Morgan fingerprint density at radius 3 is 2.71 bits per heavy atom. The molecule has 2 aromatic rings. The summed E-state index contributed by atoms with van der Waals surface area (Å²) in [5.41, 5.74) is 2.01. The number of hydrogen-bond acceptors (Lipinski definition) is 2. The quantitative estimate of drug-likeness (QED) is 0.701. The second kappa shape index (κ2) is 4.20. The molecule has 69 valence electrons. The molecule has 0 spiro atoms. The Bertz CT molecular complexity index is 415. The number of halogens is 1. The van der Waals surface area contributed by atoms with Crippen LogP contribution in [0.1, 0.15) is 11.1 Å². The number of hydrogen-bond donors (Lipinski definition) is 0. The van der Waals surface area contributed by atoms with Crippen LogP contribution < -0.4 is 0 Å². The molecule has 0 saturated heterocycles. The molecule has 0 aliphatic rings. The topological polar surface area (TPSA) is 25.8 Å². The zero-order chi connectivity index (χ0) is 9.80. The summed E-state index contributed by atoms with van der Waals surface area (Å²) in [7, 11) is 0. The maximum Gasteiger partial charge on any atom is 0.136 e. The Balaban J connectivity index is 2.24. The van der Waals surface area contributed by atoms with E-state index in [0.29, 0.717) is 5.15 Å². The third-order valence-electron chi connectivity index (χ3n) is 1.90. The van der Waals surface area contributed by atoms with Gasteiger partial charge in [0.05, 0.1) is 6.20 Å². The van der Waals surface area contributed by atoms with Crippen LogP contribution in [-0.2, 0) is 6.42 Å². The van der Waals surface area contributed by atoms with Gasteiger partial charge in [-0.2, -0.15) is 0 Å². The van der Waals surface area contributed by atoms with E-state index in [1.807, 2.05) is 30.3 Å². The summed E-state index contributed by atoms with van der Waals surface area (Å²) in [6, 6.07) is 10.0. The summed E-state index contributed by atoms with van der Waals surface area (Å²) in [6.07, 6.45) is 4.96. The molecule has 0 aliphatic heterocycles. The van der Waals surface area contributed by atoms with Gasteiger partial charge in [-0.15, -0.1) is 0 Å². The van der Waals surface area contributed by atoms with Crippen molar-refractivity contribution in [2.75, 3.05) is 0 Å². The second-order valence-corrected chi connectivity index (χ2v) is 3.28. The molecule has 0 amide bonds. The minimum Gasteiger partial charge on any atom is -0.234 e. The number of benzene rings is 1. The average molecular weight is 204 g/mol. The Morgan fingerprint density at radius 2 is 2.00 bits per heavy atom. The highest BCUT2D eigenvalue weighted by molar-refractivity contribution is 6.30. The number of rotatable bonds is 2. The maximum atomic E-state index is 5.89. The van der Waals surface area contributed by atoms with Crippen molar-refractivity contribution in [3.63, 3.8) is 0 Å². The largest absolute Gasteiger partial charge is 0.234 e. The predicted octanol–water partition coefficient (Wildman–Crippen LogP) is 2.52. The molecule has 3 heteroatoms. The first-order valence-corrected chi connectivity index (χ1v) is 4.65. The standard InChI is InChI=1S/C11H8ClN2/c12-11-10(7-13-8-14-11)6-9-4-2-1-3-5-9/h1-5,8H,6H2. The van der Waals surface area contributed by atoms with Gasteiger partial charge in [-0.25, -0.2) is 9.97 Å². The fourth-order valence-corrected chi connectivity index (χ4v) is 1.38. The number of aromatic nitrogens is 2. The van der Waals surface area contributed by atoms with Crippen LogP contribution in [0.2, 0.25) is 5.15 Å². The first-order valence-electron chi connectivity index (χ1n) is 4.27. The molecule has 0 saturated carbocycles. The fourth-order valence-electron chi connectivity index (χ4n) is 1.22. The van der Waals surface area contributed by atoms with E-state index in [0.717, 1.165) is 12.0 Å². The van der Waals surface area contributed by atoms with E-state index in [-0.39, 0.29) is 0 Å². The van der Waals surface area contributed by atoms with Crippen LogP contribution in [0.25, 0.3) is 0 Å². The lowest BCUT2D eigenvalue weighted by atomic mass is 10.1. The molecule has 0 bridgehead atoms. The zero-order valence-electron chi connectivity index (χ0n) is 7.44. The van der Waals surface area contributed by atoms with Gasteiger partial charge in [-0.1, -0.05) is 41.9 Å². The molecule has 1 heterocycles. The van der Waals surface area contributed by atoms with Gasteiger partial charge in [0.2, 0.25) is 0 Å². The van der Waals surface area contributed by atoms with Crippen molar-refractivity contribution in [3.8, 4) is 0 Å². The van der Waals surface area contributed by atoms with E-state index < -0.39 is 0 Å². The van der Waals surface area contributed by atoms with Crippen LogP contribution in [0.4, 0.5) is 0 Å². The van der Waals surface area contributed by atoms with Gasteiger partial charge in [0, 0.05) is 12.0 Å². The fraction of sp³-hybridized carbons (Fsp3) is 0.0909. The SMILES string of the molecule is Clc1ncn[c]c1Cc1ccccc1. The molecule has 0 aliphatic carbocycles. The molecule has 0 unspecified atom stereocenters. The van der Waals surface area contributed by atoms with Crippen LogP contribution >= 0.6 is 11.6 Å². The van der Waals surface area contributed by atoms with Gasteiger partial charge >= 0.3 is 0 Å². The van der Waals surface area contributed by atoms with Crippen molar-refractivity contribution < 1.29 is 0 Å². The van der Waals surface area contributed by atoms with Crippen molar-refractivity contribution in [2.24, 2.45) is 0 Å². The maximum absolute atomic E-state index is 5.89. The second-order valence-electron chi connectivity index (χ2n) is 2.92. The van der Waals surface area contributed by atoms with Crippen LogP contribution in [0.5, 0.6) is 0 Å². The molecule has 14 heavy (non-hydrogen) atoms. The van der Waals surface area contributed by atoms with Crippen LogP contribution in [0, 0.1) is 6.20 Å². The lowest BCUT2D eigenvalue weighted by molar-refractivity contribution is 1.06. The normalized spacial score (nSPS) is 10.1. The minimum atomic E-state index is 0.476. The van der Waals surface area contributed by atoms with Crippen LogP contribution in [-0.4, -0.2) is 9.97 Å². The molecular formula is C11H8ClN2. The predicted molar refractivity (Wildman–Crippen MR) is 55.1 cm³/mol. The first-order chi connectivity index (χ1) is 6.86. The van der Waals surface area contributed by atoms with Gasteiger partial charge in [0.1, 0.15) is 11.5 Å². The van der Waals surface area contributed by atoms with E-state index in [1.54, 1.807) is 0 Å². The van der Waals surface area contributed by atoms with Gasteiger partial charge < -0.3 is 0 Å². The molecule has 2 rings (SSSR count). The van der Waals surface area contributed by atoms with E-state index in [1.165, 1.54) is 11.9 Å². The molecule has 2 nitrogen and oxygen atoms in total. The highest BCUT2D eigenvalue weighted by atomic mass is 35.5. The molecule has 1 aromatic heterocycles. The van der Waals surface area contributed by atoms with Crippen LogP contribution in [0.3, 0.4) is 0 Å². The first kappa shape index (κ1) is 9.16. The van der Waals surface area contributed by atoms with Crippen molar-refractivity contribution in [3.05, 3.63) is 59.1 Å². The molecule has 0 atom stereocenters. The lowest BCUT2D eigenvalue weighted by Crippen LogP contribution is -1.92. The minimum absolute atomic E-state index is 0.476. The van der Waals surface area contributed by atoms with Crippen molar-refractivity contribution >= 4 is 11.6 Å². The Hall–Kier alpha value is -1.41. The van der Waals surface area contributed by atoms with E-state index in [4.69, 9.17) is 11.6 Å². The molecule has 0 N–H and O–H groups in total. The van der Waals surface area contributed by atoms with Gasteiger partial charge in [-0.3, -0.25) is 0 Å². The van der Waals surface area contributed by atoms with E-state index in [9.17, 15) is 0 Å². The zero-order valence-corrected chi connectivity index (χ0v) is 8.20. The van der Waals surface area contributed by atoms with Crippen molar-refractivity contribution in [1.29, 1.82) is 0 Å². The van der Waals surface area contributed by atoms with Crippen LogP contribution in [0.15, 0.2) is 36.7 Å². The van der Waals surface area contributed by atoms with Gasteiger partial charge in [0.25, 0.3) is 0 Å².